The van der Waals surface area contributed by atoms with Crippen molar-refractivity contribution in [2.24, 2.45) is 0 Å². The van der Waals surface area contributed by atoms with Crippen LogP contribution in [0.4, 0.5) is 0 Å². The third kappa shape index (κ3) is 7.67. The van der Waals surface area contributed by atoms with Gasteiger partial charge in [-0.25, -0.2) is 0 Å². The summed E-state index contributed by atoms with van der Waals surface area (Å²) in [5, 5.41) is -1.24. The predicted molar refractivity (Wildman–Crippen MR) is 63.8 cm³/mol. The first-order valence-corrected chi connectivity index (χ1v) is 6.03. The smallest absolute Gasteiger partial charge is 0.316 e. The lowest BCUT2D eigenvalue weighted by atomic mass is 10.2. The van der Waals surface area contributed by atoms with Gasteiger partial charge in [-0.15, -0.1) is 0 Å². The second-order valence-corrected chi connectivity index (χ2v) is 3.66. The van der Waals surface area contributed by atoms with E-state index >= 15 is 0 Å². The van der Waals surface area contributed by atoms with Gasteiger partial charge in [0, 0.05) is 19.6 Å². The summed E-state index contributed by atoms with van der Waals surface area (Å²) in [6, 6.07) is 0. The molecular weight excluding hydrogens is 212 g/mol. The first-order valence-electron chi connectivity index (χ1n) is 5.65. The van der Waals surface area contributed by atoms with E-state index < -0.39 is 5.25 Å². The quantitative estimate of drug-likeness (QED) is 0.289. The minimum Gasteiger partial charge on any atom is -0.327 e. The van der Waals surface area contributed by atoms with Gasteiger partial charge in [0.25, 0.3) is 0 Å². The molecule has 0 fully saturated rings. The molecule has 0 aromatic heterocycles. The van der Waals surface area contributed by atoms with Crippen LogP contribution >= 0.6 is 11.6 Å². The van der Waals surface area contributed by atoms with Gasteiger partial charge < -0.3 is 9.47 Å². The zero-order valence-corrected chi connectivity index (χ0v) is 10.7. The Kier molecular flexibility index (Phi) is 8.89. The van der Waals surface area contributed by atoms with Crippen molar-refractivity contribution in [2.45, 2.75) is 51.7 Å². The van der Waals surface area contributed by atoms with Gasteiger partial charge in [-0.2, -0.15) is 0 Å². The van der Waals surface area contributed by atoms with Crippen LogP contribution in [-0.4, -0.2) is 18.5 Å². The van der Waals surface area contributed by atoms with Crippen molar-refractivity contribution >= 4 is 11.6 Å². The van der Waals surface area contributed by atoms with E-state index in [0.717, 1.165) is 12.8 Å². The van der Waals surface area contributed by atoms with E-state index in [-0.39, 0.29) is 0 Å². The zero-order valence-electron chi connectivity index (χ0n) is 9.94. The molecule has 0 aromatic rings. The average molecular weight is 233 g/mol. The van der Waals surface area contributed by atoms with Gasteiger partial charge >= 0.3 is 5.25 Å². The van der Waals surface area contributed by atoms with Crippen LogP contribution in [0.1, 0.15) is 46.5 Å². The van der Waals surface area contributed by atoms with Crippen molar-refractivity contribution in [2.75, 3.05) is 13.2 Å². The Labute approximate surface area is 98.3 Å². The number of hydrogen-bond acceptors (Lipinski definition) is 2. The second-order valence-electron chi connectivity index (χ2n) is 3.16. The summed E-state index contributed by atoms with van der Waals surface area (Å²) in [4.78, 5) is 0. The molecule has 0 radical (unpaired) electrons. The number of hydrogen-bond donors (Lipinski definition) is 0. The molecule has 0 saturated heterocycles. The number of unbranched alkanes of at least 4 members (excludes halogenated alkanes) is 3. The molecule has 0 atom stereocenters. The highest BCUT2D eigenvalue weighted by Gasteiger charge is 2.24. The zero-order chi connectivity index (χ0) is 11.6. The lowest BCUT2D eigenvalue weighted by molar-refractivity contribution is -0.132. The molecule has 0 N–H and O–H groups in total. The molecule has 88 valence electrons. The highest BCUT2D eigenvalue weighted by atomic mass is 35.5. The van der Waals surface area contributed by atoms with Crippen LogP contribution < -0.4 is 0 Å². The Bertz CT molecular complexity index is 199. The lowest BCUT2D eigenvalue weighted by Crippen LogP contribution is -2.27. The molecule has 0 spiro atoms. The van der Waals surface area contributed by atoms with Gasteiger partial charge in [-0.3, -0.25) is 0 Å². The lowest BCUT2D eigenvalue weighted by Gasteiger charge is -2.19. The highest BCUT2D eigenvalue weighted by Crippen LogP contribution is 2.17. The van der Waals surface area contributed by atoms with E-state index in [1.54, 1.807) is 0 Å². The molecule has 0 heterocycles. The number of halogens is 1. The first-order chi connectivity index (χ1) is 7.18. The van der Waals surface area contributed by atoms with Crippen molar-refractivity contribution in [3.63, 3.8) is 0 Å². The minimum absolute atomic E-state index is 0.493. The van der Waals surface area contributed by atoms with Crippen molar-refractivity contribution < 1.29 is 9.47 Å². The Morgan fingerprint density at radius 1 is 1.07 bits per heavy atom. The van der Waals surface area contributed by atoms with E-state index in [1.807, 2.05) is 13.8 Å². The Morgan fingerprint density at radius 2 is 1.67 bits per heavy atom. The Morgan fingerprint density at radius 3 is 2.13 bits per heavy atom. The van der Waals surface area contributed by atoms with E-state index in [9.17, 15) is 0 Å². The Balaban J connectivity index is 4.01. The Hall–Kier alpha value is -0.230. The maximum Gasteiger partial charge on any atom is 0.316 e. The van der Waals surface area contributed by atoms with Gasteiger partial charge in [0.1, 0.15) is 0 Å². The van der Waals surface area contributed by atoms with Gasteiger partial charge in [0.05, 0.1) is 0 Å². The molecule has 0 aliphatic heterocycles. The van der Waals surface area contributed by atoms with Gasteiger partial charge in [-0.1, -0.05) is 25.7 Å². The number of ether oxygens (including phenoxy) is 2. The highest BCUT2D eigenvalue weighted by molar-refractivity contribution is 6.23. The molecule has 0 aromatic carbocycles. The van der Waals surface area contributed by atoms with Crippen LogP contribution in [0.3, 0.4) is 0 Å². The molecule has 0 aliphatic carbocycles. The van der Waals surface area contributed by atoms with Crippen molar-refractivity contribution in [1.82, 2.24) is 0 Å². The molecule has 0 amide bonds. The summed E-state index contributed by atoms with van der Waals surface area (Å²) in [5.41, 5.74) is 0. The summed E-state index contributed by atoms with van der Waals surface area (Å²) in [6.07, 6.45) is 4.36. The monoisotopic (exact) mass is 232 g/mol. The van der Waals surface area contributed by atoms with Crippen LogP contribution in [-0.2, 0) is 9.47 Å². The standard InChI is InChI=1S/C12H21ClO2/c1-4-7-8-9-10-11-12(13,14-5-2)15-6-3/h4-9H2,1-3H3. The third-order valence-corrected chi connectivity index (χ3v) is 2.12. The summed E-state index contributed by atoms with van der Waals surface area (Å²) in [5.74, 6) is 5.83. The summed E-state index contributed by atoms with van der Waals surface area (Å²) in [6.45, 7) is 6.89. The van der Waals surface area contributed by atoms with Gasteiger partial charge in [0.2, 0.25) is 0 Å². The van der Waals surface area contributed by atoms with E-state index in [1.165, 1.54) is 12.8 Å². The van der Waals surface area contributed by atoms with Crippen LogP contribution in [0.2, 0.25) is 0 Å². The maximum absolute atomic E-state index is 6.03. The molecule has 3 heteroatoms. The molecule has 15 heavy (non-hydrogen) atoms. The largest absolute Gasteiger partial charge is 0.327 e. The van der Waals surface area contributed by atoms with E-state index in [0.29, 0.717) is 13.2 Å². The van der Waals surface area contributed by atoms with Crippen LogP contribution in [0, 0.1) is 11.8 Å². The molecular formula is C12H21ClO2. The van der Waals surface area contributed by atoms with Crippen molar-refractivity contribution in [3.05, 3.63) is 0 Å². The SMILES string of the molecule is CCCCCC#CC(Cl)(OCC)OCC. The topological polar surface area (TPSA) is 18.5 Å². The summed E-state index contributed by atoms with van der Waals surface area (Å²) in [7, 11) is 0. The van der Waals surface area contributed by atoms with Gasteiger partial charge in [0.15, 0.2) is 0 Å². The molecule has 2 nitrogen and oxygen atoms in total. The molecule has 0 unspecified atom stereocenters. The molecule has 0 aliphatic rings. The van der Waals surface area contributed by atoms with E-state index in [4.69, 9.17) is 21.1 Å². The normalized spacial score (nSPS) is 10.9. The van der Waals surface area contributed by atoms with Crippen molar-refractivity contribution in [3.8, 4) is 11.8 Å². The fourth-order valence-electron chi connectivity index (χ4n) is 1.12. The average Bonchev–Trinajstić information content (AvgIpc) is 2.18. The van der Waals surface area contributed by atoms with Gasteiger partial charge in [-0.05, 0) is 37.8 Å². The fraction of sp³-hybridized carbons (Fsp3) is 0.833. The first kappa shape index (κ1) is 14.8. The summed E-state index contributed by atoms with van der Waals surface area (Å²) < 4.78 is 10.5. The summed E-state index contributed by atoms with van der Waals surface area (Å²) >= 11 is 6.03. The van der Waals surface area contributed by atoms with Crippen LogP contribution in [0.15, 0.2) is 0 Å². The van der Waals surface area contributed by atoms with E-state index in [2.05, 4.69) is 18.8 Å². The van der Waals surface area contributed by atoms with Crippen LogP contribution in [0.25, 0.3) is 0 Å². The maximum atomic E-state index is 6.03. The minimum atomic E-state index is -1.24. The predicted octanol–water partition coefficient (Wildman–Crippen LogP) is 3.54. The fourth-order valence-corrected chi connectivity index (χ4v) is 1.40. The molecule has 0 rings (SSSR count). The third-order valence-electron chi connectivity index (χ3n) is 1.80. The number of alkyl halides is 1. The molecule has 0 bridgehead atoms. The number of rotatable bonds is 7. The molecule has 0 saturated carbocycles. The second kappa shape index (κ2) is 9.03. The van der Waals surface area contributed by atoms with Crippen LogP contribution in [0.5, 0.6) is 0 Å². The van der Waals surface area contributed by atoms with Crippen molar-refractivity contribution in [1.29, 1.82) is 0 Å².